The Hall–Kier alpha value is 1.82. The molecule has 0 radical (unpaired) electrons. The molecule has 0 heterocycles. The fourth-order valence-electron chi connectivity index (χ4n) is 1.08. The van der Waals surface area contributed by atoms with Crippen LogP contribution in [-0.4, -0.2) is 85.3 Å². The van der Waals surface area contributed by atoms with Gasteiger partial charge in [-0.25, -0.2) is 0 Å². The van der Waals surface area contributed by atoms with Gasteiger partial charge in [-0.05, 0) is 6.42 Å². The molecule has 0 aromatic carbocycles. The van der Waals surface area contributed by atoms with Gasteiger partial charge >= 0.3 is 95.1 Å². The Bertz CT molecular complexity index is 183. The predicted molar refractivity (Wildman–Crippen MR) is 83.2 cm³/mol. The van der Waals surface area contributed by atoms with Crippen molar-refractivity contribution in [3.8, 4) is 0 Å². The van der Waals surface area contributed by atoms with Crippen LogP contribution in [0.25, 0.3) is 0 Å². The minimum absolute atomic E-state index is 0. The van der Waals surface area contributed by atoms with E-state index in [9.17, 15) is 9.59 Å². The van der Waals surface area contributed by atoms with Gasteiger partial charge in [0.1, 0.15) is 0 Å². The van der Waals surface area contributed by atoms with Crippen LogP contribution >= 0.6 is 9.80 Å². The van der Waals surface area contributed by atoms with Crippen molar-refractivity contribution < 1.29 is 14.3 Å². The number of carbonyl (C=O) groups is 2. The van der Waals surface area contributed by atoms with Gasteiger partial charge in [0.25, 0.3) is 0 Å². The normalized spacial score (nSPS) is 7.39. The van der Waals surface area contributed by atoms with Gasteiger partial charge in [0.15, 0.2) is 0 Å². The van der Waals surface area contributed by atoms with Crippen molar-refractivity contribution in [3.63, 3.8) is 0 Å². The molecular formula is C10H21ClLi4O3. The van der Waals surface area contributed by atoms with Gasteiger partial charge in [-0.2, -0.15) is 0 Å². The molecule has 90 valence electrons. The zero-order valence-corrected chi connectivity index (χ0v) is 10.6. The van der Waals surface area contributed by atoms with Gasteiger partial charge in [-0.3, -0.25) is 9.59 Å². The van der Waals surface area contributed by atoms with E-state index in [1.807, 2.05) is 0 Å². The number of carbonyl (C=O) groups excluding carboxylic acids is 2. The third-order valence-electron chi connectivity index (χ3n) is 1.74. The third-order valence-corrected chi connectivity index (χ3v) is 1.74. The molecule has 0 atom stereocenters. The Balaban J connectivity index is -0.000000107. The quantitative estimate of drug-likeness (QED) is 0.304. The van der Waals surface area contributed by atoms with Gasteiger partial charge in [-0.15, -0.1) is 0 Å². The number of unbranched alkanes of at least 4 members (excludes halogenated alkanes) is 4. The van der Waals surface area contributed by atoms with Crippen LogP contribution in [0.4, 0.5) is 0 Å². The average Bonchev–Trinajstić information content (AvgIpc) is 2.19. The Morgan fingerprint density at radius 2 is 1.44 bits per heavy atom. The maximum atomic E-state index is 10.8. The molecule has 0 amide bonds. The number of rotatable bonds is 6. The van der Waals surface area contributed by atoms with E-state index in [1.54, 1.807) is 0 Å². The molecule has 0 aliphatic rings. The number of halogens is 1. The van der Waals surface area contributed by atoms with Crippen molar-refractivity contribution in [2.24, 2.45) is 0 Å². The van der Waals surface area contributed by atoms with Crippen LogP contribution < -0.4 is 0 Å². The average molecular weight is 252 g/mol. The number of esters is 2. The van der Waals surface area contributed by atoms with Crippen molar-refractivity contribution >= 4 is 95.1 Å². The Morgan fingerprint density at radius 1 is 1.00 bits per heavy atom. The first-order chi connectivity index (χ1) is 7.16. The van der Waals surface area contributed by atoms with Crippen LogP contribution in [-0.2, 0) is 14.3 Å². The first-order valence-electron chi connectivity index (χ1n) is 5.26. The molecule has 0 saturated carbocycles. The summed E-state index contributed by atoms with van der Waals surface area (Å²) in [7, 11) is 4.64. The summed E-state index contributed by atoms with van der Waals surface area (Å²) >= 11 is 1.47. The Kier molecular flexibility index (Phi) is 48.3. The number of hydrogen-bond donors (Lipinski definition) is 0. The van der Waals surface area contributed by atoms with E-state index in [2.05, 4.69) is 21.5 Å². The molecule has 0 saturated heterocycles. The summed E-state index contributed by atoms with van der Waals surface area (Å²) in [4.78, 5) is 21.2. The second kappa shape index (κ2) is 27.2. The first kappa shape index (κ1) is 32.0. The molecule has 18 heavy (non-hydrogen) atoms. The van der Waals surface area contributed by atoms with Crippen molar-refractivity contribution in [1.29, 1.82) is 0 Å². The van der Waals surface area contributed by atoms with Crippen molar-refractivity contribution in [3.05, 3.63) is 0 Å². The summed E-state index contributed by atoms with van der Waals surface area (Å²) in [6.45, 7) is 3.39. The Morgan fingerprint density at radius 3 is 1.83 bits per heavy atom. The van der Waals surface area contributed by atoms with Crippen molar-refractivity contribution in [1.82, 2.24) is 0 Å². The molecular weight excluding hydrogens is 231 g/mol. The predicted octanol–water partition coefficient (Wildman–Crippen LogP) is 0.800. The standard InChI is InChI=1S/C10H18O3.ClH.4Li.3H/c1-3-4-5-6-7-8-10(12)13-9(2)11;;;;;;;;/h3-8H2,1-2H3;1H;;;;;;;/q;;;;;+1;;;/p-1. The summed E-state index contributed by atoms with van der Waals surface area (Å²) in [5.74, 6) is -0.914. The van der Waals surface area contributed by atoms with Crippen LogP contribution in [0, 0.1) is 0 Å². The second-order valence-corrected chi connectivity index (χ2v) is 3.13. The van der Waals surface area contributed by atoms with E-state index in [0.717, 1.165) is 19.3 Å². The molecule has 3 nitrogen and oxygen atoms in total. The monoisotopic (exact) mass is 252 g/mol. The second-order valence-electron chi connectivity index (χ2n) is 3.13. The van der Waals surface area contributed by atoms with Crippen LogP contribution in [0.3, 0.4) is 0 Å². The Labute approximate surface area is 160 Å². The fourth-order valence-corrected chi connectivity index (χ4v) is 1.08. The topological polar surface area (TPSA) is 43.4 Å². The molecule has 8 heteroatoms. The van der Waals surface area contributed by atoms with Crippen LogP contribution in [0.15, 0.2) is 0 Å². The summed E-state index contributed by atoms with van der Waals surface area (Å²) in [6.07, 6.45) is 5.79. The van der Waals surface area contributed by atoms with E-state index >= 15 is 0 Å². The zero-order chi connectivity index (χ0) is 12.1. The van der Waals surface area contributed by atoms with Gasteiger partial charge in [0, 0.05) is 13.3 Å². The summed E-state index contributed by atoms with van der Waals surface area (Å²) in [5.41, 5.74) is 0. The molecule has 0 unspecified atom stereocenters. The molecule has 0 fully saturated rings. The molecule has 0 bridgehead atoms. The minimum atomic E-state index is -0.515. The van der Waals surface area contributed by atoms with Crippen LogP contribution in [0.1, 0.15) is 52.4 Å². The number of ether oxygens (including phenoxy) is 1. The fraction of sp³-hybridized carbons (Fsp3) is 0.800. The molecule has 0 aliphatic carbocycles. The summed E-state index contributed by atoms with van der Waals surface area (Å²) in [5, 5.41) is 0. The number of hydrogen-bond acceptors (Lipinski definition) is 3. The van der Waals surface area contributed by atoms with Gasteiger partial charge in [0.2, 0.25) is 0 Å². The van der Waals surface area contributed by atoms with Gasteiger partial charge in [-0.1, -0.05) is 32.6 Å². The SMILES string of the molecule is CCCCCCCC(=O)OC(C)=O.[LiH].[LiH].[LiH].[Li][Cl]. The van der Waals surface area contributed by atoms with E-state index in [0.29, 0.717) is 6.42 Å². The molecule has 0 N–H and O–H groups in total. The van der Waals surface area contributed by atoms with Crippen LogP contribution in [0.5, 0.6) is 0 Å². The van der Waals surface area contributed by atoms with E-state index in [4.69, 9.17) is 0 Å². The van der Waals surface area contributed by atoms with E-state index < -0.39 is 11.9 Å². The van der Waals surface area contributed by atoms with E-state index in [-0.39, 0.29) is 56.6 Å². The molecule has 0 spiro atoms. The van der Waals surface area contributed by atoms with Gasteiger partial charge < -0.3 is 4.74 Å². The molecule has 0 aliphatic heterocycles. The van der Waals surface area contributed by atoms with Crippen LogP contribution in [0.2, 0.25) is 0 Å². The van der Waals surface area contributed by atoms with Crippen molar-refractivity contribution in [2.45, 2.75) is 52.4 Å². The van der Waals surface area contributed by atoms with Gasteiger partial charge in [0.05, 0.1) is 0 Å². The maximum absolute atomic E-state index is 10.8. The van der Waals surface area contributed by atoms with Crippen molar-refractivity contribution in [2.75, 3.05) is 0 Å². The molecule has 0 aromatic heterocycles. The summed E-state index contributed by atoms with van der Waals surface area (Å²) in [6, 6.07) is 0. The summed E-state index contributed by atoms with van der Waals surface area (Å²) < 4.78 is 4.38. The van der Waals surface area contributed by atoms with E-state index in [1.165, 1.54) is 36.5 Å². The molecule has 0 rings (SSSR count). The molecule has 0 aromatic rings. The first-order valence-corrected chi connectivity index (χ1v) is 6.01. The zero-order valence-electron chi connectivity index (χ0n) is 9.85. The third kappa shape index (κ3) is 30.7.